The van der Waals surface area contributed by atoms with Gasteiger partial charge in [0.25, 0.3) is 0 Å². The second-order valence-corrected chi connectivity index (χ2v) is 6.92. The van der Waals surface area contributed by atoms with E-state index < -0.39 is 0 Å². The molecule has 1 rings (SSSR count). The van der Waals surface area contributed by atoms with E-state index in [1.165, 1.54) is 37.2 Å². The van der Waals surface area contributed by atoms with Gasteiger partial charge in [-0.25, -0.2) is 0 Å². The SMILES string of the molecule is CCSCCC(C)NCC(=O)NC1CCCCCC1. The zero-order chi connectivity index (χ0) is 13.9. The Kier molecular flexibility index (Phi) is 9.35. The van der Waals surface area contributed by atoms with Crippen LogP contribution in [0.2, 0.25) is 0 Å². The molecular formula is C15H30N2OS. The molecule has 0 bridgehead atoms. The van der Waals surface area contributed by atoms with E-state index in [0.717, 1.165) is 19.3 Å². The number of hydrogen-bond acceptors (Lipinski definition) is 3. The monoisotopic (exact) mass is 286 g/mol. The fourth-order valence-electron chi connectivity index (χ4n) is 2.48. The Bertz CT molecular complexity index is 240. The van der Waals surface area contributed by atoms with Crippen LogP contribution in [0, 0.1) is 0 Å². The van der Waals surface area contributed by atoms with Crippen LogP contribution in [-0.4, -0.2) is 36.0 Å². The second kappa shape index (κ2) is 10.6. The molecule has 1 aliphatic carbocycles. The van der Waals surface area contributed by atoms with Crippen molar-refractivity contribution in [2.75, 3.05) is 18.1 Å². The highest BCUT2D eigenvalue weighted by Crippen LogP contribution is 2.16. The minimum absolute atomic E-state index is 0.168. The summed E-state index contributed by atoms with van der Waals surface area (Å²) in [5.41, 5.74) is 0. The van der Waals surface area contributed by atoms with Crippen molar-refractivity contribution in [1.29, 1.82) is 0 Å². The molecule has 2 N–H and O–H groups in total. The van der Waals surface area contributed by atoms with Gasteiger partial charge in [-0.05, 0) is 37.7 Å². The van der Waals surface area contributed by atoms with Crippen LogP contribution >= 0.6 is 11.8 Å². The highest BCUT2D eigenvalue weighted by Gasteiger charge is 2.14. The van der Waals surface area contributed by atoms with Crippen LogP contribution in [0.5, 0.6) is 0 Å². The zero-order valence-electron chi connectivity index (χ0n) is 12.5. The van der Waals surface area contributed by atoms with E-state index >= 15 is 0 Å². The quantitative estimate of drug-likeness (QED) is 0.532. The minimum Gasteiger partial charge on any atom is -0.352 e. The number of hydrogen-bond donors (Lipinski definition) is 2. The molecule has 19 heavy (non-hydrogen) atoms. The average Bonchev–Trinajstić information content (AvgIpc) is 2.65. The maximum absolute atomic E-state index is 11.9. The molecule has 112 valence electrons. The predicted molar refractivity (Wildman–Crippen MR) is 84.7 cm³/mol. The lowest BCUT2D eigenvalue weighted by Gasteiger charge is -2.18. The van der Waals surface area contributed by atoms with Crippen molar-refractivity contribution >= 4 is 17.7 Å². The standard InChI is InChI=1S/C15H30N2OS/c1-3-19-11-10-13(2)16-12-15(18)17-14-8-6-4-5-7-9-14/h13-14,16H,3-12H2,1-2H3,(H,17,18). The minimum atomic E-state index is 0.168. The summed E-state index contributed by atoms with van der Waals surface area (Å²) in [6.45, 7) is 4.81. The Balaban J connectivity index is 2.09. The van der Waals surface area contributed by atoms with E-state index in [-0.39, 0.29) is 5.91 Å². The Labute approximate surface area is 122 Å². The molecule has 3 nitrogen and oxygen atoms in total. The molecule has 0 aromatic rings. The van der Waals surface area contributed by atoms with Gasteiger partial charge in [0.1, 0.15) is 0 Å². The first-order chi connectivity index (χ1) is 9.22. The van der Waals surface area contributed by atoms with Gasteiger partial charge in [0, 0.05) is 12.1 Å². The lowest BCUT2D eigenvalue weighted by atomic mass is 10.1. The number of carbonyl (C=O) groups excluding carboxylic acids is 1. The maximum atomic E-state index is 11.9. The molecule has 1 aliphatic rings. The van der Waals surface area contributed by atoms with E-state index in [1.807, 2.05) is 11.8 Å². The van der Waals surface area contributed by atoms with Crippen LogP contribution < -0.4 is 10.6 Å². The Morgan fingerprint density at radius 1 is 1.26 bits per heavy atom. The third kappa shape index (κ3) is 8.53. The first-order valence-electron chi connectivity index (χ1n) is 7.83. The van der Waals surface area contributed by atoms with Crippen LogP contribution in [0.15, 0.2) is 0 Å². The Morgan fingerprint density at radius 3 is 2.58 bits per heavy atom. The normalized spacial score (nSPS) is 18.8. The fourth-order valence-corrected chi connectivity index (χ4v) is 3.28. The molecule has 1 saturated carbocycles. The van der Waals surface area contributed by atoms with E-state index in [9.17, 15) is 4.79 Å². The van der Waals surface area contributed by atoms with Crippen LogP contribution in [0.1, 0.15) is 58.8 Å². The van der Waals surface area contributed by atoms with Crippen molar-refractivity contribution in [3.8, 4) is 0 Å². The van der Waals surface area contributed by atoms with Gasteiger partial charge in [-0.15, -0.1) is 0 Å². The number of thioether (sulfide) groups is 1. The summed E-state index contributed by atoms with van der Waals surface area (Å²) in [5.74, 6) is 2.52. The van der Waals surface area contributed by atoms with Gasteiger partial charge in [0.2, 0.25) is 5.91 Å². The molecule has 1 amide bonds. The van der Waals surface area contributed by atoms with Crippen molar-refractivity contribution in [2.24, 2.45) is 0 Å². The summed E-state index contributed by atoms with van der Waals surface area (Å²) in [6.07, 6.45) is 8.65. The zero-order valence-corrected chi connectivity index (χ0v) is 13.4. The summed E-state index contributed by atoms with van der Waals surface area (Å²) in [6, 6.07) is 0.849. The van der Waals surface area contributed by atoms with Crippen molar-refractivity contribution < 1.29 is 4.79 Å². The molecule has 0 aromatic carbocycles. The summed E-state index contributed by atoms with van der Waals surface area (Å²) < 4.78 is 0. The molecule has 0 heterocycles. The number of nitrogens with one attached hydrogen (secondary N) is 2. The van der Waals surface area contributed by atoms with E-state index in [2.05, 4.69) is 24.5 Å². The number of amides is 1. The highest BCUT2D eigenvalue weighted by atomic mass is 32.2. The Morgan fingerprint density at radius 2 is 1.95 bits per heavy atom. The molecule has 1 unspecified atom stereocenters. The molecule has 0 aliphatic heterocycles. The van der Waals surface area contributed by atoms with Gasteiger partial charge >= 0.3 is 0 Å². The lowest BCUT2D eigenvalue weighted by molar-refractivity contribution is -0.121. The van der Waals surface area contributed by atoms with E-state index in [4.69, 9.17) is 0 Å². The fraction of sp³-hybridized carbons (Fsp3) is 0.933. The molecule has 0 saturated heterocycles. The first-order valence-corrected chi connectivity index (χ1v) is 8.98. The average molecular weight is 286 g/mol. The smallest absolute Gasteiger partial charge is 0.234 e. The predicted octanol–water partition coefficient (Wildman–Crippen LogP) is 2.95. The maximum Gasteiger partial charge on any atom is 0.234 e. The second-order valence-electron chi connectivity index (χ2n) is 5.52. The molecule has 1 atom stereocenters. The van der Waals surface area contributed by atoms with Gasteiger partial charge in [-0.3, -0.25) is 4.79 Å². The third-order valence-corrected chi connectivity index (χ3v) is 4.66. The van der Waals surface area contributed by atoms with Gasteiger partial charge in [0.15, 0.2) is 0 Å². The third-order valence-electron chi connectivity index (χ3n) is 3.73. The molecule has 1 fully saturated rings. The molecule has 4 heteroatoms. The van der Waals surface area contributed by atoms with Crippen molar-refractivity contribution in [2.45, 2.75) is 70.9 Å². The summed E-state index contributed by atoms with van der Waals surface area (Å²) >= 11 is 1.96. The van der Waals surface area contributed by atoms with Crippen LogP contribution in [0.25, 0.3) is 0 Å². The van der Waals surface area contributed by atoms with Gasteiger partial charge in [-0.1, -0.05) is 32.6 Å². The number of carbonyl (C=O) groups is 1. The van der Waals surface area contributed by atoms with Crippen LogP contribution in [0.3, 0.4) is 0 Å². The van der Waals surface area contributed by atoms with Crippen LogP contribution in [0.4, 0.5) is 0 Å². The lowest BCUT2D eigenvalue weighted by Crippen LogP contribution is -2.42. The molecular weight excluding hydrogens is 256 g/mol. The molecule has 0 spiro atoms. The van der Waals surface area contributed by atoms with E-state index in [1.54, 1.807) is 0 Å². The first kappa shape index (κ1) is 16.8. The van der Waals surface area contributed by atoms with Gasteiger partial charge < -0.3 is 10.6 Å². The van der Waals surface area contributed by atoms with Crippen molar-refractivity contribution in [3.63, 3.8) is 0 Å². The topological polar surface area (TPSA) is 41.1 Å². The number of rotatable bonds is 8. The van der Waals surface area contributed by atoms with E-state index in [0.29, 0.717) is 18.6 Å². The summed E-state index contributed by atoms with van der Waals surface area (Å²) in [4.78, 5) is 11.9. The highest BCUT2D eigenvalue weighted by molar-refractivity contribution is 7.99. The van der Waals surface area contributed by atoms with Crippen LogP contribution in [-0.2, 0) is 4.79 Å². The van der Waals surface area contributed by atoms with Gasteiger partial charge in [0.05, 0.1) is 6.54 Å². The summed E-state index contributed by atoms with van der Waals surface area (Å²) in [5, 5.41) is 6.50. The molecule has 0 radical (unpaired) electrons. The van der Waals surface area contributed by atoms with Crippen molar-refractivity contribution in [3.05, 3.63) is 0 Å². The van der Waals surface area contributed by atoms with Gasteiger partial charge in [-0.2, -0.15) is 11.8 Å². The summed E-state index contributed by atoms with van der Waals surface area (Å²) in [7, 11) is 0. The molecule has 0 aromatic heterocycles. The largest absolute Gasteiger partial charge is 0.352 e. The van der Waals surface area contributed by atoms with Crippen molar-refractivity contribution in [1.82, 2.24) is 10.6 Å². The Hall–Kier alpha value is -0.220.